The Labute approximate surface area is 123 Å². The number of piperazine rings is 1. The van der Waals surface area contributed by atoms with E-state index in [1.165, 1.54) is 5.69 Å². The lowest BCUT2D eigenvalue weighted by Crippen LogP contribution is -2.44. The standard InChI is InChI=1S/C12H19N3O.C4H10/c1-14-5-7-15(8-6-14)10-3-4-12(16-2)11(13)9-10;1-4(2)3/h3-4,9H,5-8,13H2,1-2H3;4H,1-3H3. The van der Waals surface area contributed by atoms with Gasteiger partial charge in [-0.25, -0.2) is 0 Å². The molecule has 0 saturated carbocycles. The first-order valence-electron chi connectivity index (χ1n) is 7.31. The van der Waals surface area contributed by atoms with Gasteiger partial charge in [0, 0.05) is 31.9 Å². The second-order valence-electron chi connectivity index (χ2n) is 5.95. The summed E-state index contributed by atoms with van der Waals surface area (Å²) in [6.45, 7) is 10.8. The van der Waals surface area contributed by atoms with E-state index in [2.05, 4.69) is 43.7 Å². The number of hydrogen-bond acceptors (Lipinski definition) is 4. The van der Waals surface area contributed by atoms with Crippen LogP contribution in [0.3, 0.4) is 0 Å². The highest BCUT2D eigenvalue weighted by Gasteiger charge is 2.14. The lowest BCUT2D eigenvalue weighted by atomic mass is 10.2. The maximum atomic E-state index is 5.90. The number of benzene rings is 1. The number of likely N-dealkylation sites (N-methyl/N-ethyl adjacent to an activating group) is 1. The second-order valence-corrected chi connectivity index (χ2v) is 5.95. The van der Waals surface area contributed by atoms with Crippen molar-refractivity contribution in [2.24, 2.45) is 5.92 Å². The average molecular weight is 279 g/mol. The van der Waals surface area contributed by atoms with Gasteiger partial charge in [0.2, 0.25) is 0 Å². The number of ether oxygens (including phenoxy) is 1. The first-order chi connectivity index (χ1) is 9.43. The Balaban J connectivity index is 0.000000444. The molecule has 0 bridgehead atoms. The van der Waals surface area contributed by atoms with E-state index in [0.717, 1.165) is 37.8 Å². The van der Waals surface area contributed by atoms with Crippen LogP contribution in [0.25, 0.3) is 0 Å². The number of nitrogens with zero attached hydrogens (tertiary/aromatic N) is 2. The van der Waals surface area contributed by atoms with Crippen LogP contribution in [0.5, 0.6) is 5.75 Å². The highest BCUT2D eigenvalue weighted by Crippen LogP contribution is 2.27. The van der Waals surface area contributed by atoms with Crippen molar-refractivity contribution < 1.29 is 4.74 Å². The smallest absolute Gasteiger partial charge is 0.141 e. The lowest BCUT2D eigenvalue weighted by molar-refractivity contribution is 0.313. The summed E-state index contributed by atoms with van der Waals surface area (Å²) < 4.78 is 5.15. The van der Waals surface area contributed by atoms with Gasteiger partial charge in [0.05, 0.1) is 12.8 Å². The van der Waals surface area contributed by atoms with Crippen molar-refractivity contribution in [2.75, 3.05) is 51.0 Å². The molecule has 1 aromatic rings. The van der Waals surface area contributed by atoms with Crippen molar-refractivity contribution in [1.82, 2.24) is 4.90 Å². The molecule has 2 N–H and O–H groups in total. The number of nitrogens with two attached hydrogens (primary N) is 1. The summed E-state index contributed by atoms with van der Waals surface area (Å²) in [5, 5.41) is 0. The molecule has 0 amide bonds. The molecule has 0 aromatic heterocycles. The molecule has 1 saturated heterocycles. The molecule has 0 spiro atoms. The monoisotopic (exact) mass is 279 g/mol. The van der Waals surface area contributed by atoms with Crippen LogP contribution in [-0.4, -0.2) is 45.2 Å². The predicted octanol–water partition coefficient (Wildman–Crippen LogP) is 2.69. The molecule has 114 valence electrons. The van der Waals surface area contributed by atoms with Crippen LogP contribution >= 0.6 is 0 Å². The summed E-state index contributed by atoms with van der Waals surface area (Å²) in [7, 11) is 3.79. The number of nitrogen functional groups attached to an aromatic ring is 1. The Bertz CT molecular complexity index is 396. The molecule has 0 radical (unpaired) electrons. The average Bonchev–Trinajstić information content (AvgIpc) is 2.39. The van der Waals surface area contributed by atoms with E-state index in [4.69, 9.17) is 10.5 Å². The molecule has 1 heterocycles. The van der Waals surface area contributed by atoms with Gasteiger partial charge in [-0.15, -0.1) is 0 Å². The van der Waals surface area contributed by atoms with Gasteiger partial charge in [0.15, 0.2) is 0 Å². The van der Waals surface area contributed by atoms with E-state index in [1.54, 1.807) is 7.11 Å². The minimum absolute atomic E-state index is 0.707. The quantitative estimate of drug-likeness (QED) is 0.845. The maximum Gasteiger partial charge on any atom is 0.141 e. The van der Waals surface area contributed by atoms with Gasteiger partial charge in [-0.2, -0.15) is 0 Å². The van der Waals surface area contributed by atoms with Crippen LogP contribution in [-0.2, 0) is 0 Å². The zero-order chi connectivity index (χ0) is 15.1. The van der Waals surface area contributed by atoms with E-state index in [-0.39, 0.29) is 0 Å². The van der Waals surface area contributed by atoms with Crippen LogP contribution in [0, 0.1) is 5.92 Å². The van der Waals surface area contributed by atoms with Crippen molar-refractivity contribution in [1.29, 1.82) is 0 Å². The van der Waals surface area contributed by atoms with Gasteiger partial charge in [-0.05, 0) is 31.2 Å². The van der Waals surface area contributed by atoms with Crippen molar-refractivity contribution in [3.05, 3.63) is 18.2 Å². The fourth-order valence-corrected chi connectivity index (χ4v) is 1.98. The molecule has 1 aliphatic heterocycles. The number of hydrogen-bond donors (Lipinski definition) is 1. The van der Waals surface area contributed by atoms with Crippen molar-refractivity contribution in [3.63, 3.8) is 0 Å². The molecule has 0 atom stereocenters. The van der Waals surface area contributed by atoms with E-state index >= 15 is 0 Å². The molecule has 1 aliphatic rings. The summed E-state index contributed by atoms with van der Waals surface area (Å²) in [4.78, 5) is 4.69. The molecular weight excluding hydrogens is 250 g/mol. The largest absolute Gasteiger partial charge is 0.495 e. The molecule has 1 aromatic carbocycles. The topological polar surface area (TPSA) is 41.7 Å². The third kappa shape index (κ3) is 5.29. The normalized spacial score (nSPS) is 15.8. The van der Waals surface area contributed by atoms with Gasteiger partial charge in [-0.3, -0.25) is 0 Å². The fourth-order valence-electron chi connectivity index (χ4n) is 1.98. The van der Waals surface area contributed by atoms with Crippen LogP contribution in [0.2, 0.25) is 0 Å². The first-order valence-corrected chi connectivity index (χ1v) is 7.31. The summed E-state index contributed by atoms with van der Waals surface area (Å²) in [6, 6.07) is 5.99. The van der Waals surface area contributed by atoms with Gasteiger partial charge in [-0.1, -0.05) is 20.8 Å². The summed E-state index contributed by atoms with van der Waals surface area (Å²) in [6.07, 6.45) is 0. The van der Waals surface area contributed by atoms with E-state index in [1.807, 2.05) is 12.1 Å². The van der Waals surface area contributed by atoms with E-state index in [9.17, 15) is 0 Å². The zero-order valence-corrected chi connectivity index (χ0v) is 13.5. The summed E-state index contributed by atoms with van der Waals surface area (Å²) >= 11 is 0. The predicted molar refractivity (Wildman–Crippen MR) is 87.6 cm³/mol. The third-order valence-electron chi connectivity index (χ3n) is 3.08. The molecule has 4 nitrogen and oxygen atoms in total. The molecular formula is C16H29N3O. The lowest BCUT2D eigenvalue weighted by Gasteiger charge is -2.34. The second kappa shape index (κ2) is 8.00. The highest BCUT2D eigenvalue weighted by atomic mass is 16.5. The number of anilines is 2. The Morgan fingerprint density at radius 2 is 1.65 bits per heavy atom. The van der Waals surface area contributed by atoms with Gasteiger partial charge in [0.1, 0.15) is 5.75 Å². The molecule has 0 aliphatic carbocycles. The molecule has 2 rings (SSSR count). The van der Waals surface area contributed by atoms with Crippen LogP contribution in [0.4, 0.5) is 11.4 Å². The summed E-state index contributed by atoms with van der Waals surface area (Å²) in [5.41, 5.74) is 7.80. The van der Waals surface area contributed by atoms with Crippen LogP contribution in [0.1, 0.15) is 20.8 Å². The van der Waals surface area contributed by atoms with Crippen LogP contribution in [0.15, 0.2) is 18.2 Å². The first kappa shape index (κ1) is 16.6. The highest BCUT2D eigenvalue weighted by molar-refractivity contribution is 5.63. The van der Waals surface area contributed by atoms with Crippen molar-refractivity contribution >= 4 is 11.4 Å². The SMILES string of the molecule is CC(C)C.COc1ccc(N2CCN(C)CC2)cc1N. The Morgan fingerprint density at radius 1 is 1.10 bits per heavy atom. The number of rotatable bonds is 2. The molecule has 1 fully saturated rings. The van der Waals surface area contributed by atoms with E-state index in [0.29, 0.717) is 5.69 Å². The van der Waals surface area contributed by atoms with Gasteiger partial charge >= 0.3 is 0 Å². The minimum Gasteiger partial charge on any atom is -0.495 e. The fraction of sp³-hybridized carbons (Fsp3) is 0.625. The van der Waals surface area contributed by atoms with Crippen molar-refractivity contribution in [3.8, 4) is 5.75 Å². The summed E-state index contributed by atoms with van der Waals surface area (Å²) in [5.74, 6) is 1.58. The maximum absolute atomic E-state index is 5.90. The molecule has 20 heavy (non-hydrogen) atoms. The molecule has 4 heteroatoms. The third-order valence-corrected chi connectivity index (χ3v) is 3.08. The minimum atomic E-state index is 0.707. The zero-order valence-electron chi connectivity index (χ0n) is 13.5. The van der Waals surface area contributed by atoms with E-state index < -0.39 is 0 Å². The molecule has 0 unspecified atom stereocenters. The van der Waals surface area contributed by atoms with Crippen LogP contribution < -0.4 is 15.4 Å². The Hall–Kier alpha value is -1.42. The van der Waals surface area contributed by atoms with Gasteiger partial charge < -0.3 is 20.3 Å². The van der Waals surface area contributed by atoms with Gasteiger partial charge in [0.25, 0.3) is 0 Å². The Morgan fingerprint density at radius 3 is 2.10 bits per heavy atom. The number of methoxy groups -OCH3 is 1. The Kier molecular flexibility index (Phi) is 6.65. The van der Waals surface area contributed by atoms with Crippen molar-refractivity contribution in [2.45, 2.75) is 20.8 Å².